The van der Waals surface area contributed by atoms with Crippen molar-refractivity contribution in [2.45, 2.75) is 64.8 Å². The van der Waals surface area contributed by atoms with Crippen LogP contribution in [-0.2, 0) is 14.8 Å². The maximum absolute atomic E-state index is 13.8. The molecule has 184 valence electrons. The molecule has 0 radical (unpaired) electrons. The van der Waals surface area contributed by atoms with Crippen LogP contribution in [0.3, 0.4) is 0 Å². The minimum Gasteiger partial charge on any atom is -0.361 e. The molecule has 3 aromatic rings. The van der Waals surface area contributed by atoms with Gasteiger partial charge in [0.05, 0.1) is 0 Å². The highest BCUT2D eigenvalue weighted by atomic mass is 32.2. The number of hydrogen-bond acceptors (Lipinski definition) is 5. The van der Waals surface area contributed by atoms with Crippen LogP contribution in [0.4, 0.5) is 5.69 Å². The molecule has 1 aliphatic heterocycles. The monoisotopic (exact) mass is 486 g/mol. The van der Waals surface area contributed by atoms with E-state index >= 15 is 0 Å². The van der Waals surface area contributed by atoms with Crippen LogP contribution in [0.25, 0.3) is 10.9 Å². The van der Waals surface area contributed by atoms with Crippen molar-refractivity contribution in [3.05, 3.63) is 41.9 Å². The van der Waals surface area contributed by atoms with E-state index in [9.17, 15) is 13.2 Å². The van der Waals surface area contributed by atoms with Gasteiger partial charge in [-0.1, -0.05) is 19.0 Å². The Bertz CT molecular complexity index is 1250. The predicted octanol–water partition coefficient (Wildman–Crippen LogP) is 4.64. The molecule has 1 N–H and O–H groups in total. The second-order valence-electron chi connectivity index (χ2n) is 9.77. The van der Waals surface area contributed by atoms with Crippen LogP contribution >= 0.6 is 0 Å². The van der Waals surface area contributed by atoms with E-state index in [2.05, 4.69) is 37.0 Å². The first-order valence-electron chi connectivity index (χ1n) is 11.9. The Balaban J connectivity index is 1.54. The lowest BCUT2D eigenvalue weighted by atomic mass is 9.94. The molecule has 2 aromatic heterocycles. The van der Waals surface area contributed by atoms with Crippen molar-refractivity contribution in [1.82, 2.24) is 14.4 Å². The second-order valence-corrected chi connectivity index (χ2v) is 11.6. The molecule has 0 saturated carbocycles. The molecule has 0 unspecified atom stereocenters. The molecular formula is C25H34N4O4S. The summed E-state index contributed by atoms with van der Waals surface area (Å²) in [7, 11) is -3.70. The Labute approximate surface area is 201 Å². The smallest absolute Gasteiger partial charge is 0.248 e. The molecule has 34 heavy (non-hydrogen) atoms. The van der Waals surface area contributed by atoms with E-state index in [0.29, 0.717) is 43.3 Å². The zero-order valence-corrected chi connectivity index (χ0v) is 21.4. The Kier molecular flexibility index (Phi) is 6.87. The van der Waals surface area contributed by atoms with Gasteiger partial charge in [0, 0.05) is 47.8 Å². The zero-order valence-electron chi connectivity index (χ0n) is 20.5. The maximum atomic E-state index is 13.8. The van der Waals surface area contributed by atoms with E-state index in [1.807, 2.05) is 29.3 Å². The molecule has 0 aliphatic carbocycles. The summed E-state index contributed by atoms with van der Waals surface area (Å²) >= 11 is 0. The molecule has 1 saturated heterocycles. The number of anilines is 1. The van der Waals surface area contributed by atoms with Gasteiger partial charge < -0.3 is 14.4 Å². The first-order chi connectivity index (χ1) is 16.1. The fourth-order valence-electron chi connectivity index (χ4n) is 5.09. The van der Waals surface area contributed by atoms with Gasteiger partial charge in [-0.25, -0.2) is 8.42 Å². The van der Waals surface area contributed by atoms with Gasteiger partial charge in [-0.05, 0) is 70.2 Å². The predicted molar refractivity (Wildman–Crippen MR) is 132 cm³/mol. The molecule has 1 aromatic carbocycles. The number of nitrogens with one attached hydrogen (secondary N) is 1. The van der Waals surface area contributed by atoms with Crippen molar-refractivity contribution < 1.29 is 17.7 Å². The topological polar surface area (TPSA) is 99.5 Å². The summed E-state index contributed by atoms with van der Waals surface area (Å²) in [6.07, 6.45) is 3.75. The van der Waals surface area contributed by atoms with Crippen molar-refractivity contribution in [2.24, 2.45) is 11.8 Å². The number of rotatable bonds is 7. The highest BCUT2D eigenvalue weighted by Gasteiger charge is 2.37. The van der Waals surface area contributed by atoms with Gasteiger partial charge in [0.1, 0.15) is 10.6 Å². The van der Waals surface area contributed by atoms with Crippen LogP contribution in [0.2, 0.25) is 0 Å². The molecule has 0 bridgehead atoms. The quantitative estimate of drug-likeness (QED) is 0.524. The SMILES string of the molecule is Cc1noc(C)c1S(=O)(=O)N1CCC(C(=O)N(c2ccc3[nH]ccc3c2)[C@H](C)CC(C)C)CC1. The number of aryl methyl sites for hydroxylation is 2. The third-order valence-electron chi connectivity index (χ3n) is 6.67. The largest absolute Gasteiger partial charge is 0.361 e. The van der Waals surface area contributed by atoms with Crippen LogP contribution in [0.1, 0.15) is 51.5 Å². The number of amides is 1. The molecule has 8 nitrogen and oxygen atoms in total. The molecule has 4 rings (SSSR count). The second kappa shape index (κ2) is 9.54. The normalized spacial score (nSPS) is 16.9. The van der Waals surface area contributed by atoms with Gasteiger partial charge in [0.2, 0.25) is 15.9 Å². The van der Waals surface area contributed by atoms with Crippen molar-refractivity contribution in [3.63, 3.8) is 0 Å². The van der Waals surface area contributed by atoms with Crippen LogP contribution < -0.4 is 4.90 Å². The van der Waals surface area contributed by atoms with Crippen LogP contribution in [-0.4, -0.2) is 47.9 Å². The number of carbonyl (C=O) groups is 1. The average Bonchev–Trinajstić information content (AvgIpc) is 3.39. The highest BCUT2D eigenvalue weighted by Crippen LogP contribution is 2.32. The molecule has 1 fully saturated rings. The van der Waals surface area contributed by atoms with Crippen LogP contribution in [0.15, 0.2) is 39.9 Å². The number of aromatic nitrogens is 2. The first-order valence-corrected chi connectivity index (χ1v) is 13.4. The van der Waals surface area contributed by atoms with Crippen molar-refractivity contribution in [3.8, 4) is 0 Å². The Morgan fingerprint density at radius 3 is 2.53 bits per heavy atom. The number of nitrogens with zero attached hydrogens (tertiary/aromatic N) is 3. The highest BCUT2D eigenvalue weighted by molar-refractivity contribution is 7.89. The lowest BCUT2D eigenvalue weighted by Gasteiger charge is -2.37. The van der Waals surface area contributed by atoms with E-state index in [-0.39, 0.29) is 22.8 Å². The van der Waals surface area contributed by atoms with E-state index in [1.165, 1.54) is 4.31 Å². The molecule has 1 aliphatic rings. The minimum atomic E-state index is -3.70. The fourth-order valence-corrected chi connectivity index (χ4v) is 6.85. The molecule has 1 atom stereocenters. The minimum absolute atomic E-state index is 0.0351. The van der Waals surface area contributed by atoms with Gasteiger partial charge in [-0.2, -0.15) is 4.31 Å². The number of aromatic amines is 1. The van der Waals surface area contributed by atoms with E-state index < -0.39 is 10.0 Å². The molecule has 1 amide bonds. The number of piperidine rings is 1. The fraction of sp³-hybridized carbons (Fsp3) is 0.520. The number of hydrogen-bond donors (Lipinski definition) is 1. The maximum Gasteiger partial charge on any atom is 0.248 e. The van der Waals surface area contributed by atoms with Crippen molar-refractivity contribution in [2.75, 3.05) is 18.0 Å². The Morgan fingerprint density at radius 1 is 1.21 bits per heavy atom. The van der Waals surface area contributed by atoms with E-state index in [4.69, 9.17) is 4.52 Å². The van der Waals surface area contributed by atoms with E-state index in [0.717, 1.165) is 23.0 Å². The van der Waals surface area contributed by atoms with Crippen LogP contribution in [0.5, 0.6) is 0 Å². The van der Waals surface area contributed by atoms with Gasteiger partial charge in [0.25, 0.3) is 0 Å². The first kappa shape index (κ1) is 24.5. The van der Waals surface area contributed by atoms with Crippen molar-refractivity contribution >= 4 is 32.5 Å². The summed E-state index contributed by atoms with van der Waals surface area (Å²) in [6.45, 7) is 10.3. The summed E-state index contributed by atoms with van der Waals surface area (Å²) < 4.78 is 32.9. The molecule has 3 heterocycles. The van der Waals surface area contributed by atoms with Crippen molar-refractivity contribution in [1.29, 1.82) is 0 Å². The molecule has 0 spiro atoms. The molecule has 9 heteroatoms. The van der Waals surface area contributed by atoms with Gasteiger partial charge in [-0.15, -0.1) is 0 Å². The summed E-state index contributed by atoms with van der Waals surface area (Å²) in [4.78, 5) is 19.1. The number of carbonyl (C=O) groups excluding carboxylic acids is 1. The number of H-pyrrole nitrogens is 1. The summed E-state index contributed by atoms with van der Waals surface area (Å²) in [5.41, 5.74) is 2.28. The Hall–Kier alpha value is -2.65. The van der Waals surface area contributed by atoms with E-state index in [1.54, 1.807) is 13.8 Å². The number of sulfonamides is 1. The molecular weight excluding hydrogens is 452 g/mol. The summed E-state index contributed by atoms with van der Waals surface area (Å²) in [5, 5.41) is 4.86. The standard InChI is InChI=1S/C25H34N4O4S/c1-16(2)14-17(3)29(22-6-7-23-21(15-22)8-11-26-23)25(30)20-9-12-28(13-10-20)34(31,32)24-18(4)27-33-19(24)5/h6-8,11,15-17,20,26H,9-10,12-14H2,1-5H3/t17-/m1/s1. The summed E-state index contributed by atoms with van der Waals surface area (Å²) in [6, 6.07) is 8.09. The summed E-state index contributed by atoms with van der Waals surface area (Å²) in [5.74, 6) is 0.581. The van der Waals surface area contributed by atoms with Gasteiger partial charge in [-0.3, -0.25) is 4.79 Å². The lowest BCUT2D eigenvalue weighted by molar-refractivity contribution is -0.124. The van der Waals surface area contributed by atoms with Gasteiger partial charge >= 0.3 is 0 Å². The van der Waals surface area contributed by atoms with Crippen LogP contribution in [0, 0.1) is 25.7 Å². The lowest BCUT2D eigenvalue weighted by Crippen LogP contribution is -2.47. The number of fused-ring (bicyclic) bond motifs is 1. The Morgan fingerprint density at radius 2 is 1.91 bits per heavy atom. The zero-order chi connectivity index (χ0) is 24.6. The average molecular weight is 487 g/mol. The number of benzene rings is 1. The van der Waals surface area contributed by atoms with Gasteiger partial charge in [0.15, 0.2) is 5.76 Å². The third kappa shape index (κ3) is 4.63. The third-order valence-corrected chi connectivity index (χ3v) is 8.82.